The van der Waals surface area contributed by atoms with Gasteiger partial charge in [0.2, 0.25) is 10.0 Å². The van der Waals surface area contributed by atoms with E-state index >= 15 is 0 Å². The number of aromatic nitrogens is 1. The maximum absolute atomic E-state index is 12.6. The van der Waals surface area contributed by atoms with Gasteiger partial charge in [-0.15, -0.1) is 24.8 Å². The molecule has 2 N–H and O–H groups in total. The molecule has 29 heavy (non-hydrogen) atoms. The summed E-state index contributed by atoms with van der Waals surface area (Å²) in [7, 11) is -3.57. The van der Waals surface area contributed by atoms with Crippen molar-refractivity contribution in [1.82, 2.24) is 15.0 Å². The van der Waals surface area contributed by atoms with E-state index in [4.69, 9.17) is 0 Å². The minimum Gasteiger partial charge on any atom is -0.312 e. The number of pyridine rings is 1. The van der Waals surface area contributed by atoms with Crippen LogP contribution in [0.15, 0.2) is 77.5 Å². The molecule has 0 bridgehead atoms. The first-order valence-corrected chi connectivity index (χ1v) is 10.3. The first-order chi connectivity index (χ1) is 13.1. The number of hydrogen-bond donors (Lipinski definition) is 2. The van der Waals surface area contributed by atoms with Crippen molar-refractivity contribution in [3.63, 3.8) is 0 Å². The van der Waals surface area contributed by atoms with Crippen molar-refractivity contribution >= 4 is 51.7 Å². The maximum atomic E-state index is 12.6. The third-order valence-electron chi connectivity index (χ3n) is 4.14. The summed E-state index contributed by atoms with van der Waals surface area (Å²) in [5.41, 5.74) is 2.34. The van der Waals surface area contributed by atoms with Gasteiger partial charge in [0.25, 0.3) is 0 Å². The van der Waals surface area contributed by atoms with Crippen LogP contribution < -0.4 is 10.0 Å². The molecule has 0 radical (unpaired) electrons. The summed E-state index contributed by atoms with van der Waals surface area (Å²) in [5.74, 6) is 0. The van der Waals surface area contributed by atoms with Crippen molar-refractivity contribution in [2.24, 2.45) is 0 Å². The van der Waals surface area contributed by atoms with Gasteiger partial charge in [0.1, 0.15) is 0 Å². The second-order valence-corrected chi connectivity index (χ2v) is 8.06. The maximum Gasteiger partial charge on any atom is 0.241 e. The lowest BCUT2D eigenvalue weighted by Crippen LogP contribution is -2.32. The van der Waals surface area contributed by atoms with Gasteiger partial charge < -0.3 is 5.32 Å². The molecule has 3 rings (SSSR count). The predicted molar refractivity (Wildman–Crippen MR) is 124 cm³/mol. The molecule has 2 aromatic carbocycles. The average Bonchev–Trinajstić information content (AvgIpc) is 2.68. The number of halogens is 2. The molecule has 0 saturated heterocycles. The number of sulfonamides is 1. The molecule has 156 valence electrons. The van der Waals surface area contributed by atoms with E-state index in [1.54, 1.807) is 30.6 Å². The van der Waals surface area contributed by atoms with Gasteiger partial charge in [-0.1, -0.05) is 54.1 Å². The summed E-state index contributed by atoms with van der Waals surface area (Å²) in [5, 5.41) is 4.74. The number of nitrogens with zero attached hydrogens (tertiary/aromatic N) is 1. The number of fused-ring (bicyclic) bond motifs is 1. The zero-order chi connectivity index (χ0) is 19.1. The molecule has 0 aliphatic carbocycles. The van der Waals surface area contributed by atoms with E-state index in [9.17, 15) is 8.42 Å². The van der Waals surface area contributed by atoms with Gasteiger partial charge in [0, 0.05) is 42.8 Å². The Morgan fingerprint density at radius 3 is 2.52 bits per heavy atom. The summed E-state index contributed by atoms with van der Waals surface area (Å²) in [6.07, 6.45) is 5.38. The van der Waals surface area contributed by atoms with Crippen LogP contribution in [-0.2, 0) is 10.0 Å². The second-order valence-electron chi connectivity index (χ2n) is 6.33. The predicted octanol–water partition coefficient (Wildman–Crippen LogP) is 4.05. The van der Waals surface area contributed by atoms with E-state index in [1.807, 2.05) is 31.2 Å². The van der Waals surface area contributed by atoms with E-state index in [0.717, 1.165) is 10.9 Å². The lowest BCUT2D eigenvalue weighted by atomic mass is 10.1. The van der Waals surface area contributed by atoms with Gasteiger partial charge in [-0.25, -0.2) is 13.1 Å². The van der Waals surface area contributed by atoms with Crippen LogP contribution in [0.25, 0.3) is 16.8 Å². The van der Waals surface area contributed by atoms with Crippen LogP contribution in [-0.4, -0.2) is 33.0 Å². The average molecular weight is 454 g/mol. The third kappa shape index (κ3) is 7.10. The molecule has 0 unspecified atom stereocenters. The van der Waals surface area contributed by atoms with Crippen molar-refractivity contribution in [3.8, 4) is 0 Å². The first kappa shape index (κ1) is 25.1. The standard InChI is InChI=1S/C21H23N3O2S.2ClH/c1-17(14-18-6-3-2-4-7-18)15-23-12-13-24-27(25,26)21-9-5-8-19-16-22-11-10-20(19)21;;/h2-11,14,16,23-24H,12-13,15H2,1H3;2*1H/b17-14+;;. The van der Waals surface area contributed by atoms with Crippen molar-refractivity contribution in [1.29, 1.82) is 0 Å². The highest BCUT2D eigenvalue weighted by atomic mass is 35.5. The first-order valence-electron chi connectivity index (χ1n) is 8.81. The van der Waals surface area contributed by atoms with E-state index in [-0.39, 0.29) is 29.7 Å². The number of rotatable bonds is 8. The Morgan fingerprint density at radius 1 is 1.00 bits per heavy atom. The van der Waals surface area contributed by atoms with Crippen LogP contribution in [0.5, 0.6) is 0 Å². The van der Waals surface area contributed by atoms with E-state index in [0.29, 0.717) is 25.0 Å². The quantitative estimate of drug-likeness (QED) is 0.504. The Kier molecular flexibility index (Phi) is 10.3. The van der Waals surface area contributed by atoms with Crippen molar-refractivity contribution in [3.05, 3.63) is 78.1 Å². The molecule has 0 spiro atoms. The lowest BCUT2D eigenvalue weighted by molar-refractivity contribution is 0.579. The zero-order valence-electron chi connectivity index (χ0n) is 16.0. The molecule has 0 aliphatic rings. The molecular weight excluding hydrogens is 429 g/mol. The van der Waals surface area contributed by atoms with Crippen LogP contribution in [0.1, 0.15) is 12.5 Å². The fourth-order valence-corrected chi connectivity index (χ4v) is 4.11. The van der Waals surface area contributed by atoms with Crippen molar-refractivity contribution in [2.45, 2.75) is 11.8 Å². The molecule has 0 fully saturated rings. The van der Waals surface area contributed by atoms with Crippen LogP contribution in [0, 0.1) is 0 Å². The van der Waals surface area contributed by atoms with Gasteiger partial charge in [0.15, 0.2) is 0 Å². The molecule has 0 aliphatic heterocycles. The fourth-order valence-electron chi connectivity index (χ4n) is 2.85. The number of nitrogens with one attached hydrogen (secondary N) is 2. The SMILES string of the molecule is C/C(=C\c1ccccc1)CNCCNS(=O)(=O)c1cccc2cnccc12.Cl.Cl. The number of benzene rings is 2. The summed E-state index contributed by atoms with van der Waals surface area (Å²) in [6, 6.07) is 17.0. The normalized spacial score (nSPS) is 11.6. The minimum atomic E-state index is -3.57. The van der Waals surface area contributed by atoms with Gasteiger partial charge in [-0.3, -0.25) is 4.98 Å². The third-order valence-corrected chi connectivity index (χ3v) is 5.66. The molecule has 0 saturated carbocycles. The topological polar surface area (TPSA) is 71.1 Å². The summed E-state index contributed by atoms with van der Waals surface area (Å²) in [6.45, 7) is 3.62. The molecule has 5 nitrogen and oxygen atoms in total. The molecule has 0 amide bonds. The molecule has 1 heterocycles. The van der Waals surface area contributed by atoms with Crippen LogP contribution in [0.2, 0.25) is 0 Å². The van der Waals surface area contributed by atoms with E-state index in [1.165, 1.54) is 5.57 Å². The zero-order valence-corrected chi connectivity index (χ0v) is 18.5. The smallest absolute Gasteiger partial charge is 0.241 e. The van der Waals surface area contributed by atoms with E-state index < -0.39 is 10.0 Å². The van der Waals surface area contributed by atoms with Crippen molar-refractivity contribution in [2.75, 3.05) is 19.6 Å². The van der Waals surface area contributed by atoms with Gasteiger partial charge in [0.05, 0.1) is 4.90 Å². The number of hydrogen-bond acceptors (Lipinski definition) is 4. The monoisotopic (exact) mass is 453 g/mol. The largest absolute Gasteiger partial charge is 0.312 e. The van der Waals surface area contributed by atoms with Crippen LogP contribution in [0.3, 0.4) is 0 Å². The Balaban J connectivity index is 0.00000210. The second kappa shape index (κ2) is 11.9. The highest BCUT2D eigenvalue weighted by Gasteiger charge is 2.16. The lowest BCUT2D eigenvalue weighted by Gasteiger charge is -2.10. The summed E-state index contributed by atoms with van der Waals surface area (Å²) in [4.78, 5) is 4.32. The molecular formula is C21H25Cl2N3O2S. The van der Waals surface area contributed by atoms with Gasteiger partial charge in [-0.05, 0) is 24.6 Å². The summed E-state index contributed by atoms with van der Waals surface area (Å²) < 4.78 is 27.9. The van der Waals surface area contributed by atoms with Gasteiger partial charge >= 0.3 is 0 Å². The Morgan fingerprint density at radius 2 is 1.76 bits per heavy atom. The van der Waals surface area contributed by atoms with Gasteiger partial charge in [-0.2, -0.15) is 0 Å². The molecule has 8 heteroatoms. The molecule has 1 aromatic heterocycles. The van der Waals surface area contributed by atoms with Crippen molar-refractivity contribution < 1.29 is 8.42 Å². The van der Waals surface area contributed by atoms with E-state index in [2.05, 4.69) is 33.2 Å². The Hall–Kier alpha value is -1.96. The minimum absolute atomic E-state index is 0. The molecule has 3 aromatic rings. The van der Waals surface area contributed by atoms with Crippen LogP contribution in [0.4, 0.5) is 0 Å². The Labute approximate surface area is 184 Å². The Bertz CT molecular complexity index is 1040. The highest BCUT2D eigenvalue weighted by molar-refractivity contribution is 7.89. The molecule has 0 atom stereocenters. The fraction of sp³-hybridized carbons (Fsp3) is 0.190. The highest BCUT2D eigenvalue weighted by Crippen LogP contribution is 2.21. The van der Waals surface area contributed by atoms with Crippen LogP contribution >= 0.6 is 24.8 Å². The summed E-state index contributed by atoms with van der Waals surface area (Å²) >= 11 is 0.